The van der Waals surface area contributed by atoms with Crippen LogP contribution in [0.5, 0.6) is 0 Å². The molecule has 3 rings (SSSR count). The van der Waals surface area contributed by atoms with Gasteiger partial charge in [0.2, 0.25) is 5.91 Å². The fourth-order valence-corrected chi connectivity index (χ4v) is 3.16. The van der Waals surface area contributed by atoms with Crippen LogP contribution < -0.4 is 10.6 Å². The molecule has 0 spiro atoms. The molecule has 3 N–H and O–H groups in total. The Morgan fingerprint density at radius 1 is 1.36 bits per heavy atom. The zero-order valence-corrected chi connectivity index (χ0v) is 13.0. The van der Waals surface area contributed by atoms with Crippen molar-refractivity contribution in [1.82, 2.24) is 20.8 Å². The number of carbonyl (C=O) groups excluding carboxylic acids is 2. The lowest BCUT2D eigenvalue weighted by Gasteiger charge is -2.22. The standard InChI is InChI=1S/C14H17ClN4O3/c1-14(2,22)9-3-6(9)7-4-10(18-19-11(7)15)8-5-16-13(21)17-12(8)20/h4,6,8-9,22H,3,5H2,1-2H3,(H2,16,17,20,21)/t6-,8?,9+/m1/s1. The van der Waals surface area contributed by atoms with Gasteiger partial charge in [0, 0.05) is 6.54 Å². The number of halogens is 1. The first kappa shape index (κ1) is 15.2. The van der Waals surface area contributed by atoms with Crippen molar-refractivity contribution < 1.29 is 14.7 Å². The average molecular weight is 325 g/mol. The summed E-state index contributed by atoms with van der Waals surface area (Å²) in [6, 6.07) is 1.25. The first-order chi connectivity index (χ1) is 10.3. The van der Waals surface area contributed by atoms with E-state index in [0.29, 0.717) is 10.8 Å². The van der Waals surface area contributed by atoms with Gasteiger partial charge in [0.05, 0.1) is 17.2 Å². The normalized spacial score (nSPS) is 28.1. The molecule has 118 valence electrons. The van der Waals surface area contributed by atoms with E-state index in [1.165, 1.54) is 0 Å². The van der Waals surface area contributed by atoms with Gasteiger partial charge in [-0.1, -0.05) is 11.6 Å². The number of aliphatic hydroxyl groups is 1. The van der Waals surface area contributed by atoms with E-state index in [2.05, 4.69) is 20.8 Å². The Morgan fingerprint density at radius 3 is 2.68 bits per heavy atom. The summed E-state index contributed by atoms with van der Waals surface area (Å²) in [4.78, 5) is 23.0. The summed E-state index contributed by atoms with van der Waals surface area (Å²) in [5, 5.41) is 23.0. The van der Waals surface area contributed by atoms with Crippen molar-refractivity contribution in [2.24, 2.45) is 5.92 Å². The zero-order valence-electron chi connectivity index (χ0n) is 12.3. The van der Waals surface area contributed by atoms with E-state index >= 15 is 0 Å². The van der Waals surface area contributed by atoms with Crippen molar-refractivity contribution in [3.63, 3.8) is 0 Å². The molecule has 2 heterocycles. The van der Waals surface area contributed by atoms with Crippen molar-refractivity contribution in [2.45, 2.75) is 37.7 Å². The molecule has 2 aliphatic rings. The van der Waals surface area contributed by atoms with Gasteiger partial charge in [-0.15, -0.1) is 5.10 Å². The van der Waals surface area contributed by atoms with E-state index in [9.17, 15) is 14.7 Å². The molecule has 0 aromatic carbocycles. The molecule has 8 heteroatoms. The van der Waals surface area contributed by atoms with Gasteiger partial charge in [-0.3, -0.25) is 10.1 Å². The predicted octanol–water partition coefficient (Wildman–Crippen LogP) is 0.927. The second kappa shape index (κ2) is 5.17. The highest BCUT2D eigenvalue weighted by molar-refractivity contribution is 6.30. The minimum absolute atomic E-state index is 0.113. The lowest BCUT2D eigenvalue weighted by atomic mass is 9.97. The highest BCUT2D eigenvalue weighted by Crippen LogP contribution is 2.54. The number of aromatic nitrogens is 2. The molecule has 3 atom stereocenters. The number of rotatable bonds is 3. The van der Waals surface area contributed by atoms with E-state index in [1.54, 1.807) is 19.9 Å². The Bertz CT molecular complexity index is 643. The molecule has 0 bridgehead atoms. The third-order valence-corrected chi connectivity index (χ3v) is 4.56. The number of carbonyl (C=O) groups is 2. The number of imide groups is 1. The van der Waals surface area contributed by atoms with Gasteiger partial charge in [0.1, 0.15) is 0 Å². The van der Waals surface area contributed by atoms with Crippen molar-refractivity contribution in [1.29, 1.82) is 0 Å². The van der Waals surface area contributed by atoms with Crippen molar-refractivity contribution in [3.8, 4) is 0 Å². The van der Waals surface area contributed by atoms with Gasteiger partial charge in [0.15, 0.2) is 5.15 Å². The van der Waals surface area contributed by atoms with Gasteiger partial charge in [-0.05, 0) is 43.7 Å². The molecule has 1 aromatic heterocycles. The Kier molecular flexibility index (Phi) is 3.57. The third kappa shape index (κ3) is 2.78. The Morgan fingerprint density at radius 2 is 2.09 bits per heavy atom. The number of hydrogen-bond acceptors (Lipinski definition) is 5. The molecule has 1 saturated heterocycles. The quantitative estimate of drug-likeness (QED) is 0.767. The van der Waals surface area contributed by atoms with Crippen LogP contribution in [0.25, 0.3) is 0 Å². The first-order valence-corrected chi connectivity index (χ1v) is 7.49. The zero-order chi connectivity index (χ0) is 16.1. The first-order valence-electron chi connectivity index (χ1n) is 7.11. The molecular formula is C14H17ClN4O3. The van der Waals surface area contributed by atoms with E-state index in [1.807, 2.05) is 0 Å². The van der Waals surface area contributed by atoms with Gasteiger partial charge in [0.25, 0.3) is 0 Å². The summed E-state index contributed by atoms with van der Waals surface area (Å²) in [7, 11) is 0. The van der Waals surface area contributed by atoms with Crippen LogP contribution in [0.15, 0.2) is 6.07 Å². The van der Waals surface area contributed by atoms with Crippen LogP contribution in [0, 0.1) is 5.92 Å². The van der Waals surface area contributed by atoms with Crippen molar-refractivity contribution in [2.75, 3.05) is 6.54 Å². The van der Waals surface area contributed by atoms with Crippen LogP contribution in [0.4, 0.5) is 4.79 Å². The lowest BCUT2D eigenvalue weighted by Crippen LogP contribution is -2.51. The third-order valence-electron chi connectivity index (χ3n) is 4.27. The van der Waals surface area contributed by atoms with E-state index in [0.717, 1.165) is 12.0 Å². The molecule has 3 amide bonds. The predicted molar refractivity (Wildman–Crippen MR) is 78.5 cm³/mol. The maximum Gasteiger partial charge on any atom is 0.321 e. The lowest BCUT2D eigenvalue weighted by molar-refractivity contribution is -0.122. The second-order valence-electron chi connectivity index (χ2n) is 6.37. The number of nitrogens with zero attached hydrogens (tertiary/aromatic N) is 2. The molecule has 1 aliphatic carbocycles. The Hall–Kier alpha value is -1.73. The van der Waals surface area contributed by atoms with Gasteiger partial charge in [-0.25, -0.2) is 4.79 Å². The summed E-state index contributed by atoms with van der Waals surface area (Å²) in [5.41, 5.74) is 0.481. The highest BCUT2D eigenvalue weighted by atomic mass is 35.5. The van der Waals surface area contributed by atoms with Crippen molar-refractivity contribution >= 4 is 23.5 Å². The van der Waals surface area contributed by atoms with Gasteiger partial charge < -0.3 is 10.4 Å². The van der Waals surface area contributed by atoms with Crippen LogP contribution in [0.1, 0.15) is 43.4 Å². The van der Waals surface area contributed by atoms with Crippen molar-refractivity contribution in [3.05, 3.63) is 22.5 Å². The monoisotopic (exact) mass is 324 g/mol. The average Bonchev–Trinajstić information content (AvgIpc) is 3.20. The number of nitrogens with one attached hydrogen (secondary N) is 2. The molecule has 1 saturated carbocycles. The van der Waals surface area contributed by atoms with E-state index in [-0.39, 0.29) is 18.4 Å². The Balaban J connectivity index is 1.85. The minimum Gasteiger partial charge on any atom is -0.390 e. The van der Waals surface area contributed by atoms with Crippen LogP contribution in [-0.4, -0.2) is 39.4 Å². The maximum absolute atomic E-state index is 11.9. The summed E-state index contributed by atoms with van der Waals surface area (Å²) in [6.07, 6.45) is 0.821. The molecular weight excluding hydrogens is 308 g/mol. The summed E-state index contributed by atoms with van der Waals surface area (Å²) >= 11 is 6.12. The fraction of sp³-hybridized carbons (Fsp3) is 0.571. The molecule has 22 heavy (non-hydrogen) atoms. The summed E-state index contributed by atoms with van der Waals surface area (Å²) in [5.74, 6) is -0.758. The molecule has 0 radical (unpaired) electrons. The largest absolute Gasteiger partial charge is 0.390 e. The summed E-state index contributed by atoms with van der Waals surface area (Å²) < 4.78 is 0. The van der Waals surface area contributed by atoms with E-state index < -0.39 is 23.5 Å². The molecule has 1 aliphatic heterocycles. The Labute approximate surface area is 132 Å². The fourth-order valence-electron chi connectivity index (χ4n) is 2.93. The second-order valence-corrected chi connectivity index (χ2v) is 6.73. The van der Waals surface area contributed by atoms with E-state index in [4.69, 9.17) is 11.6 Å². The summed E-state index contributed by atoms with van der Waals surface area (Å²) in [6.45, 7) is 3.72. The number of urea groups is 1. The highest BCUT2D eigenvalue weighted by Gasteiger charge is 2.48. The number of hydrogen-bond donors (Lipinski definition) is 3. The molecule has 1 unspecified atom stereocenters. The smallest absolute Gasteiger partial charge is 0.321 e. The maximum atomic E-state index is 11.9. The topological polar surface area (TPSA) is 104 Å². The van der Waals surface area contributed by atoms with Crippen LogP contribution in [0.3, 0.4) is 0 Å². The molecule has 2 fully saturated rings. The van der Waals surface area contributed by atoms with Crippen LogP contribution in [0.2, 0.25) is 5.15 Å². The SMILES string of the molecule is CC(C)(O)[C@H]1C[C@@H]1c1cc(C2CNC(=O)NC2=O)nnc1Cl. The minimum atomic E-state index is -0.784. The molecule has 7 nitrogen and oxygen atoms in total. The van der Waals surface area contributed by atoms with Gasteiger partial charge >= 0.3 is 6.03 Å². The van der Waals surface area contributed by atoms with Gasteiger partial charge in [-0.2, -0.15) is 5.10 Å². The van der Waals surface area contributed by atoms with Crippen LogP contribution >= 0.6 is 11.6 Å². The molecule has 1 aromatic rings. The number of amides is 3. The van der Waals surface area contributed by atoms with Crippen LogP contribution in [-0.2, 0) is 4.79 Å².